The van der Waals surface area contributed by atoms with Crippen LogP contribution in [-0.4, -0.2) is 143 Å². The Morgan fingerprint density at radius 1 is 0.650 bits per heavy atom. The van der Waals surface area contributed by atoms with Crippen LogP contribution >= 0.6 is 12.6 Å². The lowest BCUT2D eigenvalue weighted by Gasteiger charge is -2.27. The van der Waals surface area contributed by atoms with Gasteiger partial charge in [0.15, 0.2) is 5.96 Å². The number of benzene rings is 1. The molecule has 0 spiro atoms. The lowest BCUT2D eigenvalue weighted by molar-refractivity contribution is -0.142. The molecule has 0 aliphatic carbocycles. The van der Waals surface area contributed by atoms with E-state index in [9.17, 15) is 48.9 Å². The number of phenols is 1. The van der Waals surface area contributed by atoms with Crippen molar-refractivity contribution in [2.45, 2.75) is 107 Å². The van der Waals surface area contributed by atoms with Crippen molar-refractivity contribution < 1.29 is 48.9 Å². The van der Waals surface area contributed by atoms with E-state index in [2.05, 4.69) is 49.8 Å². The highest BCUT2D eigenvalue weighted by atomic mass is 32.1. The average Bonchev–Trinajstić information content (AvgIpc) is 3.19. The number of amides is 6. The zero-order valence-electron chi connectivity index (χ0n) is 33.7. The number of carbonyl (C=O) groups is 7. The number of unbranched alkanes of at least 4 members (excludes halogenated alkanes) is 1. The monoisotopic (exact) mass is 869 g/mol. The molecule has 338 valence electrons. The number of guanidine groups is 1. The molecule has 6 amide bonds. The molecule has 0 saturated heterocycles. The number of thiol groups is 1. The van der Waals surface area contributed by atoms with E-state index in [0.29, 0.717) is 18.4 Å². The van der Waals surface area contributed by atoms with Gasteiger partial charge in [0.2, 0.25) is 35.4 Å². The van der Waals surface area contributed by atoms with E-state index in [1.54, 1.807) is 0 Å². The molecule has 1 aromatic rings. The van der Waals surface area contributed by atoms with Gasteiger partial charge in [-0.25, -0.2) is 4.79 Å². The highest BCUT2D eigenvalue weighted by molar-refractivity contribution is 7.80. The van der Waals surface area contributed by atoms with Gasteiger partial charge >= 0.3 is 5.97 Å². The number of hydrogen-bond donors (Lipinski definition) is 17. The van der Waals surface area contributed by atoms with Crippen LogP contribution < -0.4 is 65.9 Å². The molecule has 24 heteroatoms. The largest absolute Gasteiger partial charge is 0.508 e. The van der Waals surface area contributed by atoms with E-state index in [4.69, 9.17) is 34.1 Å². The Balaban J connectivity index is 3.21. The van der Waals surface area contributed by atoms with Crippen LogP contribution in [0.2, 0.25) is 0 Å². The highest BCUT2D eigenvalue weighted by Crippen LogP contribution is 2.12. The molecular formula is C36H63N13O10S. The van der Waals surface area contributed by atoms with E-state index < -0.39 is 89.8 Å². The molecule has 0 bridgehead atoms. The topological polar surface area (TPSA) is 418 Å². The standard InChI is InChI=1S/C36H63N13O10S/c1-19(50)28(40)34(57)47-25(12-15-39)32(55)44-22(5-2-3-13-37)30(53)49-27(18-60)33(56)46-24(11-14-38)31(54)45-23(6-4-16-43-36(41)42)29(52)48-26(35(58)59)17-20-7-9-21(51)10-8-20/h7-10,19,22-28,50-51,60H,2-6,11-18,37-40H2,1H3,(H,44,55)(H,45,54)(H,46,56)(H,47,57)(H,48,52)(H,49,53)(H,58,59)(H4,41,42,43)/t19-,22+,23+,24+,25-,26+,27+,28+/m1/s1. The quantitative estimate of drug-likeness (QED) is 0.0155. The first kappa shape index (κ1) is 52.7. The lowest BCUT2D eigenvalue weighted by Crippen LogP contribution is -2.60. The van der Waals surface area contributed by atoms with Gasteiger partial charge in [-0.15, -0.1) is 0 Å². The molecule has 1 aromatic carbocycles. The molecule has 23 nitrogen and oxygen atoms in total. The molecule has 0 heterocycles. The fourth-order valence-electron chi connectivity index (χ4n) is 5.54. The predicted octanol–water partition coefficient (Wildman–Crippen LogP) is -5.34. The smallest absolute Gasteiger partial charge is 0.326 e. The van der Waals surface area contributed by atoms with Crippen molar-refractivity contribution in [2.24, 2.45) is 28.7 Å². The van der Waals surface area contributed by atoms with Gasteiger partial charge in [-0.3, -0.25) is 34.2 Å². The van der Waals surface area contributed by atoms with E-state index in [1.807, 2.05) is 0 Å². The van der Waals surface area contributed by atoms with Gasteiger partial charge in [-0.05, 0) is 89.2 Å². The van der Waals surface area contributed by atoms with Crippen molar-refractivity contribution in [3.63, 3.8) is 0 Å². The Labute approximate surface area is 353 Å². The summed E-state index contributed by atoms with van der Waals surface area (Å²) >= 11 is 4.21. The maximum absolute atomic E-state index is 13.7. The first-order chi connectivity index (χ1) is 28.4. The maximum Gasteiger partial charge on any atom is 0.326 e. The molecule has 60 heavy (non-hydrogen) atoms. The number of nitrogens with two attached hydrogens (primary N) is 5. The summed E-state index contributed by atoms with van der Waals surface area (Å²) in [6, 6.07) is -3.58. The molecule has 21 N–H and O–H groups in total. The number of aliphatic hydroxyl groups excluding tert-OH is 1. The SMILES string of the molecule is C[C@@H](O)[C@H](N)C(=O)N[C@H](CCN)C(=O)N[C@@H](CCCCN)C(=O)N[C@@H](CS)C(=O)N[C@@H](CCN)C(=O)N[C@@H](CCCNC(=N)N)C(=O)N[C@@H](Cc1ccc(O)cc1)C(=O)O. The molecule has 0 radical (unpaired) electrons. The zero-order valence-corrected chi connectivity index (χ0v) is 34.5. The van der Waals surface area contributed by atoms with Gasteiger partial charge in [-0.2, -0.15) is 12.6 Å². The Bertz CT molecular complexity index is 1570. The van der Waals surface area contributed by atoms with Crippen LogP contribution in [0.5, 0.6) is 5.75 Å². The Hall–Kier alpha value is -5.27. The van der Waals surface area contributed by atoms with Crippen LogP contribution in [0.15, 0.2) is 24.3 Å². The van der Waals surface area contributed by atoms with Gasteiger partial charge in [0.05, 0.1) is 6.10 Å². The third-order valence-electron chi connectivity index (χ3n) is 9.00. The number of carboxylic acid groups (broad SMARTS) is 1. The first-order valence-electron chi connectivity index (χ1n) is 19.4. The molecule has 0 fully saturated rings. The highest BCUT2D eigenvalue weighted by Gasteiger charge is 2.33. The molecule has 1 rings (SSSR count). The Morgan fingerprint density at radius 3 is 1.48 bits per heavy atom. The molecule has 0 aliphatic rings. The summed E-state index contributed by atoms with van der Waals surface area (Å²) in [5.41, 5.74) is 28.6. The van der Waals surface area contributed by atoms with Crippen LogP contribution in [-0.2, 0) is 40.0 Å². The summed E-state index contributed by atoms with van der Waals surface area (Å²) < 4.78 is 0. The van der Waals surface area contributed by atoms with Crippen LogP contribution in [0.3, 0.4) is 0 Å². The number of aliphatic hydroxyl groups is 1. The third kappa shape index (κ3) is 19.7. The maximum atomic E-state index is 13.7. The molecule has 0 saturated carbocycles. The molecule has 0 aliphatic heterocycles. The number of nitrogens with one attached hydrogen (secondary N) is 8. The normalized spacial score (nSPS) is 15.0. The predicted molar refractivity (Wildman–Crippen MR) is 224 cm³/mol. The van der Waals surface area contributed by atoms with Gasteiger partial charge in [0.25, 0.3) is 0 Å². The van der Waals surface area contributed by atoms with Crippen molar-refractivity contribution >= 4 is 60.0 Å². The van der Waals surface area contributed by atoms with Crippen molar-refractivity contribution in [1.82, 2.24) is 37.2 Å². The number of rotatable bonds is 29. The van der Waals surface area contributed by atoms with Gasteiger partial charge in [0, 0.05) is 18.7 Å². The van der Waals surface area contributed by atoms with Crippen molar-refractivity contribution in [3.8, 4) is 5.75 Å². The molecular weight excluding hydrogens is 807 g/mol. The summed E-state index contributed by atoms with van der Waals surface area (Å²) in [6.07, 6.45) is -0.459. The van der Waals surface area contributed by atoms with Crippen molar-refractivity contribution in [2.75, 3.05) is 31.9 Å². The number of aromatic hydroxyl groups is 1. The van der Waals surface area contributed by atoms with E-state index >= 15 is 0 Å². The van der Waals surface area contributed by atoms with Crippen LogP contribution in [0, 0.1) is 5.41 Å². The van der Waals surface area contributed by atoms with E-state index in [0.717, 1.165) is 0 Å². The third-order valence-corrected chi connectivity index (χ3v) is 9.37. The molecule has 0 aromatic heterocycles. The van der Waals surface area contributed by atoms with Crippen molar-refractivity contribution in [3.05, 3.63) is 29.8 Å². The first-order valence-corrected chi connectivity index (χ1v) is 20.1. The summed E-state index contributed by atoms with van der Waals surface area (Å²) in [7, 11) is 0. The average molecular weight is 870 g/mol. The second-order valence-electron chi connectivity index (χ2n) is 13.9. The fourth-order valence-corrected chi connectivity index (χ4v) is 5.80. The van der Waals surface area contributed by atoms with Crippen LogP contribution in [0.4, 0.5) is 0 Å². The van der Waals surface area contributed by atoms with Gasteiger partial charge in [0.1, 0.15) is 48.0 Å². The minimum Gasteiger partial charge on any atom is -0.508 e. The van der Waals surface area contributed by atoms with E-state index in [1.165, 1.54) is 31.2 Å². The number of phenolic OH excluding ortho intramolecular Hbond substituents is 1. The molecule has 0 unspecified atom stereocenters. The van der Waals surface area contributed by atoms with Gasteiger partial charge < -0.3 is 81.2 Å². The van der Waals surface area contributed by atoms with Gasteiger partial charge in [-0.1, -0.05) is 12.1 Å². The minimum absolute atomic E-state index is 0.0296. The fraction of sp³-hybridized carbons (Fsp3) is 0.611. The molecule has 8 atom stereocenters. The summed E-state index contributed by atoms with van der Waals surface area (Å²) in [6.45, 7) is 1.58. The number of carboxylic acids is 1. The summed E-state index contributed by atoms with van der Waals surface area (Å²) in [4.78, 5) is 92.2. The second kappa shape index (κ2) is 28.2. The Kier molecular flexibility index (Phi) is 24.8. The van der Waals surface area contributed by atoms with Crippen LogP contribution in [0.25, 0.3) is 0 Å². The number of carbonyl (C=O) groups excluding carboxylic acids is 6. The zero-order chi connectivity index (χ0) is 45.4. The van der Waals surface area contributed by atoms with Crippen LogP contribution in [0.1, 0.15) is 57.4 Å². The second-order valence-corrected chi connectivity index (χ2v) is 14.3. The summed E-state index contributed by atoms with van der Waals surface area (Å²) in [5, 5.41) is 54.0. The van der Waals surface area contributed by atoms with E-state index in [-0.39, 0.29) is 82.2 Å². The van der Waals surface area contributed by atoms with Crippen molar-refractivity contribution in [1.29, 1.82) is 5.41 Å². The lowest BCUT2D eigenvalue weighted by atomic mass is 10.0. The number of aliphatic carboxylic acids is 1. The summed E-state index contributed by atoms with van der Waals surface area (Å²) in [5.74, 6) is -7.01. The number of hydrogen-bond acceptors (Lipinski definition) is 15. The Morgan fingerprint density at radius 2 is 1.07 bits per heavy atom. The minimum atomic E-state index is -1.43.